The van der Waals surface area contributed by atoms with Gasteiger partial charge in [0.25, 0.3) is 0 Å². The number of benzene rings is 2. The van der Waals surface area contributed by atoms with Gasteiger partial charge < -0.3 is 14.2 Å². The normalized spacial score (nSPS) is 18.9. The summed E-state index contributed by atoms with van der Waals surface area (Å²) in [5.41, 5.74) is 2.12. The van der Waals surface area contributed by atoms with Gasteiger partial charge in [0.15, 0.2) is 11.5 Å². The van der Waals surface area contributed by atoms with Crippen LogP contribution in [0.2, 0.25) is 0 Å². The number of rotatable bonds is 6. The summed E-state index contributed by atoms with van der Waals surface area (Å²) in [5, 5.41) is 0. The number of fused-ring (bicyclic) bond motifs is 1. The molecule has 0 aliphatic carbocycles. The second-order valence-electron chi connectivity index (χ2n) is 6.62. The highest BCUT2D eigenvalue weighted by atomic mass is 19.1. The first-order valence-electron chi connectivity index (χ1n) is 8.73. The quantitative estimate of drug-likeness (QED) is 0.800. The molecule has 0 spiro atoms. The molecule has 25 heavy (non-hydrogen) atoms. The third-order valence-electron chi connectivity index (χ3n) is 4.62. The Hall–Kier alpha value is -2.11. The van der Waals surface area contributed by atoms with Gasteiger partial charge in [-0.1, -0.05) is 18.2 Å². The zero-order valence-corrected chi connectivity index (χ0v) is 14.1. The van der Waals surface area contributed by atoms with Crippen molar-refractivity contribution in [2.24, 2.45) is 0 Å². The zero-order chi connectivity index (χ0) is 17.1. The van der Waals surface area contributed by atoms with Crippen LogP contribution in [-0.2, 0) is 17.8 Å². The molecular formula is C20H22FNO3. The fourth-order valence-corrected chi connectivity index (χ4v) is 3.45. The van der Waals surface area contributed by atoms with Crippen LogP contribution in [-0.4, -0.2) is 30.9 Å². The minimum atomic E-state index is -0.197. The molecule has 0 saturated carbocycles. The van der Waals surface area contributed by atoms with E-state index >= 15 is 0 Å². The Morgan fingerprint density at radius 1 is 1.00 bits per heavy atom. The highest BCUT2D eigenvalue weighted by Crippen LogP contribution is 2.33. The van der Waals surface area contributed by atoms with Gasteiger partial charge in [-0.3, -0.25) is 4.90 Å². The van der Waals surface area contributed by atoms with Gasteiger partial charge in [-0.05, 0) is 48.2 Å². The molecule has 1 fully saturated rings. The van der Waals surface area contributed by atoms with Crippen molar-refractivity contribution in [2.75, 3.05) is 19.9 Å². The fourth-order valence-electron chi connectivity index (χ4n) is 3.45. The van der Waals surface area contributed by atoms with Crippen LogP contribution >= 0.6 is 0 Å². The van der Waals surface area contributed by atoms with E-state index in [-0.39, 0.29) is 18.7 Å². The standard InChI is InChI=1S/C20H22FNO3/c21-17-4-1-3-15(9-17)11-22(13-18-5-2-8-23-18)12-16-6-7-19-20(10-16)25-14-24-19/h1,3-4,6-7,9-10,18H,2,5,8,11-14H2. The summed E-state index contributed by atoms with van der Waals surface area (Å²) >= 11 is 0. The van der Waals surface area contributed by atoms with Gasteiger partial charge in [0.1, 0.15) is 5.82 Å². The molecule has 1 unspecified atom stereocenters. The van der Waals surface area contributed by atoms with Crippen LogP contribution in [0.1, 0.15) is 24.0 Å². The predicted molar refractivity (Wildman–Crippen MR) is 92.1 cm³/mol. The van der Waals surface area contributed by atoms with E-state index in [0.29, 0.717) is 6.54 Å². The van der Waals surface area contributed by atoms with Crippen LogP contribution in [0.4, 0.5) is 4.39 Å². The molecule has 4 nitrogen and oxygen atoms in total. The molecule has 132 valence electrons. The number of ether oxygens (including phenoxy) is 3. The van der Waals surface area contributed by atoms with Crippen molar-refractivity contribution in [2.45, 2.75) is 32.0 Å². The van der Waals surface area contributed by atoms with Crippen LogP contribution in [0, 0.1) is 5.82 Å². The minimum Gasteiger partial charge on any atom is -0.454 e. The van der Waals surface area contributed by atoms with Crippen molar-refractivity contribution in [3.63, 3.8) is 0 Å². The van der Waals surface area contributed by atoms with Crippen molar-refractivity contribution < 1.29 is 18.6 Å². The Morgan fingerprint density at radius 2 is 1.84 bits per heavy atom. The summed E-state index contributed by atoms with van der Waals surface area (Å²) < 4.78 is 30.2. The van der Waals surface area contributed by atoms with Gasteiger partial charge in [-0.15, -0.1) is 0 Å². The average Bonchev–Trinajstić information content (AvgIpc) is 3.25. The second kappa shape index (κ2) is 7.42. The highest BCUT2D eigenvalue weighted by molar-refractivity contribution is 5.44. The maximum Gasteiger partial charge on any atom is 0.231 e. The lowest BCUT2D eigenvalue weighted by Crippen LogP contribution is -2.31. The van der Waals surface area contributed by atoms with E-state index in [1.165, 1.54) is 6.07 Å². The lowest BCUT2D eigenvalue weighted by Gasteiger charge is -2.25. The first-order valence-corrected chi connectivity index (χ1v) is 8.73. The summed E-state index contributed by atoms with van der Waals surface area (Å²) in [5.74, 6) is 1.39. The summed E-state index contributed by atoms with van der Waals surface area (Å²) in [6, 6.07) is 12.8. The van der Waals surface area contributed by atoms with Crippen molar-refractivity contribution in [3.8, 4) is 11.5 Å². The monoisotopic (exact) mass is 343 g/mol. The molecule has 0 aromatic heterocycles. The van der Waals surface area contributed by atoms with Crippen molar-refractivity contribution in [1.82, 2.24) is 4.90 Å². The topological polar surface area (TPSA) is 30.9 Å². The molecule has 2 aliphatic rings. The van der Waals surface area contributed by atoms with E-state index in [1.54, 1.807) is 12.1 Å². The average molecular weight is 343 g/mol. The Bertz CT molecular complexity index is 731. The smallest absolute Gasteiger partial charge is 0.231 e. The molecule has 2 aromatic carbocycles. The van der Waals surface area contributed by atoms with Gasteiger partial charge in [-0.25, -0.2) is 4.39 Å². The molecule has 0 amide bonds. The Morgan fingerprint density at radius 3 is 2.64 bits per heavy atom. The summed E-state index contributed by atoms with van der Waals surface area (Å²) in [6.45, 7) is 3.40. The first-order chi connectivity index (χ1) is 12.3. The first kappa shape index (κ1) is 16.4. The molecule has 4 rings (SSSR count). The molecule has 0 N–H and O–H groups in total. The largest absolute Gasteiger partial charge is 0.454 e. The van der Waals surface area contributed by atoms with Crippen LogP contribution in [0.15, 0.2) is 42.5 Å². The summed E-state index contributed by atoms with van der Waals surface area (Å²) in [6.07, 6.45) is 2.45. The van der Waals surface area contributed by atoms with Gasteiger partial charge >= 0.3 is 0 Å². The molecule has 1 saturated heterocycles. The van der Waals surface area contributed by atoms with Crippen LogP contribution in [0.5, 0.6) is 11.5 Å². The number of hydrogen-bond acceptors (Lipinski definition) is 4. The SMILES string of the molecule is Fc1cccc(CN(Cc2ccc3c(c2)OCO3)CC2CCCO2)c1. The van der Waals surface area contributed by atoms with E-state index < -0.39 is 0 Å². The molecular weight excluding hydrogens is 321 g/mol. The molecule has 0 bridgehead atoms. The van der Waals surface area contributed by atoms with E-state index in [9.17, 15) is 4.39 Å². The van der Waals surface area contributed by atoms with Gasteiger partial charge in [-0.2, -0.15) is 0 Å². The number of nitrogens with zero attached hydrogens (tertiary/aromatic N) is 1. The zero-order valence-electron chi connectivity index (χ0n) is 14.1. The van der Waals surface area contributed by atoms with E-state index in [4.69, 9.17) is 14.2 Å². The lowest BCUT2D eigenvalue weighted by atomic mass is 10.1. The van der Waals surface area contributed by atoms with Crippen LogP contribution in [0.25, 0.3) is 0 Å². The summed E-state index contributed by atoms with van der Waals surface area (Å²) in [7, 11) is 0. The third kappa shape index (κ3) is 4.11. The molecule has 5 heteroatoms. The van der Waals surface area contributed by atoms with Gasteiger partial charge in [0, 0.05) is 26.2 Å². The molecule has 2 aromatic rings. The summed E-state index contributed by atoms with van der Waals surface area (Å²) in [4.78, 5) is 2.31. The molecule has 2 aliphatic heterocycles. The fraction of sp³-hybridized carbons (Fsp3) is 0.400. The maximum absolute atomic E-state index is 13.5. The third-order valence-corrected chi connectivity index (χ3v) is 4.62. The second-order valence-corrected chi connectivity index (χ2v) is 6.62. The van der Waals surface area contributed by atoms with Crippen molar-refractivity contribution in [1.29, 1.82) is 0 Å². The Kier molecular flexibility index (Phi) is 4.85. The Labute approximate surface area is 147 Å². The highest BCUT2D eigenvalue weighted by Gasteiger charge is 2.21. The van der Waals surface area contributed by atoms with E-state index in [0.717, 1.165) is 55.2 Å². The predicted octanol–water partition coefficient (Wildman–Crippen LogP) is 3.74. The van der Waals surface area contributed by atoms with Crippen LogP contribution < -0.4 is 9.47 Å². The number of halogens is 1. The maximum atomic E-state index is 13.5. The van der Waals surface area contributed by atoms with Gasteiger partial charge in [0.05, 0.1) is 6.10 Å². The van der Waals surface area contributed by atoms with Crippen molar-refractivity contribution in [3.05, 3.63) is 59.4 Å². The minimum absolute atomic E-state index is 0.197. The van der Waals surface area contributed by atoms with E-state index in [1.807, 2.05) is 18.2 Å². The number of hydrogen-bond donors (Lipinski definition) is 0. The lowest BCUT2D eigenvalue weighted by molar-refractivity contribution is 0.0678. The Balaban J connectivity index is 1.49. The van der Waals surface area contributed by atoms with Gasteiger partial charge in [0.2, 0.25) is 6.79 Å². The van der Waals surface area contributed by atoms with E-state index in [2.05, 4.69) is 11.0 Å². The van der Waals surface area contributed by atoms with Crippen molar-refractivity contribution >= 4 is 0 Å². The molecule has 2 heterocycles. The van der Waals surface area contributed by atoms with Crippen LogP contribution in [0.3, 0.4) is 0 Å². The molecule has 1 atom stereocenters. The molecule has 0 radical (unpaired) electrons.